The van der Waals surface area contributed by atoms with Crippen LogP contribution >= 0.6 is 0 Å². The molecule has 5 nitrogen and oxygen atoms in total. The van der Waals surface area contributed by atoms with Crippen LogP contribution in [0.4, 0.5) is 5.69 Å². The molecule has 0 aliphatic heterocycles. The monoisotopic (exact) mass is 388 g/mol. The molecule has 0 bridgehead atoms. The normalized spacial score (nSPS) is 11.9. The van der Waals surface area contributed by atoms with E-state index < -0.39 is 10.0 Å². The van der Waals surface area contributed by atoms with E-state index in [4.69, 9.17) is 0 Å². The van der Waals surface area contributed by atoms with Gasteiger partial charge in [-0.1, -0.05) is 57.2 Å². The molecule has 0 saturated heterocycles. The van der Waals surface area contributed by atoms with Crippen LogP contribution < -0.4 is 9.62 Å². The summed E-state index contributed by atoms with van der Waals surface area (Å²) >= 11 is 0. The number of carbonyl (C=O) groups is 1. The van der Waals surface area contributed by atoms with Crippen molar-refractivity contribution in [3.63, 3.8) is 0 Å². The Balaban J connectivity index is 2.13. The van der Waals surface area contributed by atoms with Gasteiger partial charge in [-0.3, -0.25) is 9.10 Å². The molecule has 6 heteroatoms. The molecule has 1 amide bonds. The lowest BCUT2D eigenvalue weighted by molar-refractivity contribution is -0.119. The summed E-state index contributed by atoms with van der Waals surface area (Å²) in [4.78, 5) is 12.4. The van der Waals surface area contributed by atoms with Gasteiger partial charge >= 0.3 is 0 Å². The number of carbonyl (C=O) groups excluding carboxylic acids is 1. The number of hydrogen-bond acceptors (Lipinski definition) is 3. The van der Waals surface area contributed by atoms with E-state index in [2.05, 4.69) is 26.1 Å². The SMILES string of the molecule is Cc1ccccc1CNC(=O)CN(c1ccc(C(C)(C)C)cc1)S(C)(=O)=O. The van der Waals surface area contributed by atoms with Crippen molar-refractivity contribution in [2.45, 2.75) is 39.7 Å². The molecule has 2 rings (SSSR count). The molecule has 146 valence electrons. The van der Waals surface area contributed by atoms with E-state index in [1.165, 1.54) is 0 Å². The first-order valence-corrected chi connectivity index (χ1v) is 10.7. The number of nitrogens with one attached hydrogen (secondary N) is 1. The number of anilines is 1. The van der Waals surface area contributed by atoms with Gasteiger partial charge in [0.1, 0.15) is 6.54 Å². The van der Waals surface area contributed by atoms with Crippen molar-refractivity contribution < 1.29 is 13.2 Å². The van der Waals surface area contributed by atoms with Crippen LogP contribution in [0.25, 0.3) is 0 Å². The molecule has 0 spiro atoms. The molecule has 0 fully saturated rings. The number of sulfonamides is 1. The highest BCUT2D eigenvalue weighted by atomic mass is 32.2. The molecular formula is C21H28N2O3S. The highest BCUT2D eigenvalue weighted by Gasteiger charge is 2.22. The van der Waals surface area contributed by atoms with Gasteiger partial charge < -0.3 is 5.32 Å². The number of benzene rings is 2. The third-order valence-corrected chi connectivity index (χ3v) is 5.59. The fourth-order valence-electron chi connectivity index (χ4n) is 2.72. The Bertz CT molecular complexity index is 898. The smallest absolute Gasteiger partial charge is 0.241 e. The lowest BCUT2D eigenvalue weighted by Gasteiger charge is -2.24. The van der Waals surface area contributed by atoms with Gasteiger partial charge in [0.15, 0.2) is 0 Å². The summed E-state index contributed by atoms with van der Waals surface area (Å²) < 4.78 is 25.6. The van der Waals surface area contributed by atoms with E-state index in [9.17, 15) is 13.2 Å². The molecule has 0 saturated carbocycles. The van der Waals surface area contributed by atoms with Crippen LogP contribution in [0.2, 0.25) is 0 Å². The second kappa shape index (κ2) is 8.13. The zero-order valence-corrected chi connectivity index (χ0v) is 17.4. The maximum Gasteiger partial charge on any atom is 0.241 e. The van der Waals surface area contributed by atoms with Crippen molar-refractivity contribution in [1.82, 2.24) is 5.32 Å². The van der Waals surface area contributed by atoms with Crippen LogP contribution in [0.1, 0.15) is 37.5 Å². The Kier molecular flexibility index (Phi) is 6.31. The summed E-state index contributed by atoms with van der Waals surface area (Å²) in [6.07, 6.45) is 1.11. The second-order valence-corrected chi connectivity index (χ2v) is 9.68. The minimum Gasteiger partial charge on any atom is -0.350 e. The molecule has 0 aliphatic rings. The highest BCUT2D eigenvalue weighted by molar-refractivity contribution is 7.92. The van der Waals surface area contributed by atoms with Crippen LogP contribution in [0.5, 0.6) is 0 Å². The topological polar surface area (TPSA) is 66.5 Å². The number of rotatable bonds is 6. The van der Waals surface area contributed by atoms with Crippen molar-refractivity contribution in [3.05, 3.63) is 65.2 Å². The van der Waals surface area contributed by atoms with Crippen molar-refractivity contribution in [2.75, 3.05) is 17.1 Å². The van der Waals surface area contributed by atoms with E-state index in [-0.39, 0.29) is 17.9 Å². The van der Waals surface area contributed by atoms with Crippen LogP contribution in [0.3, 0.4) is 0 Å². The molecule has 0 heterocycles. The Labute approximate surface area is 162 Å². The van der Waals surface area contributed by atoms with Crippen LogP contribution in [-0.2, 0) is 26.8 Å². The first-order chi connectivity index (χ1) is 12.5. The van der Waals surface area contributed by atoms with Gasteiger partial charge in [-0.05, 0) is 41.2 Å². The van der Waals surface area contributed by atoms with Gasteiger partial charge in [0.05, 0.1) is 11.9 Å². The zero-order chi connectivity index (χ0) is 20.2. The van der Waals surface area contributed by atoms with E-state index in [1.807, 2.05) is 43.3 Å². The minimum atomic E-state index is -3.58. The number of hydrogen-bond donors (Lipinski definition) is 1. The lowest BCUT2D eigenvalue weighted by atomic mass is 9.87. The van der Waals surface area contributed by atoms with Crippen molar-refractivity contribution in [1.29, 1.82) is 0 Å². The van der Waals surface area contributed by atoms with Gasteiger partial charge in [0.25, 0.3) is 0 Å². The molecule has 2 aromatic carbocycles. The third kappa shape index (κ3) is 5.82. The van der Waals surface area contributed by atoms with E-state index in [1.54, 1.807) is 12.1 Å². The fourth-order valence-corrected chi connectivity index (χ4v) is 3.57. The highest BCUT2D eigenvalue weighted by Crippen LogP contribution is 2.25. The van der Waals surface area contributed by atoms with Gasteiger partial charge in [-0.15, -0.1) is 0 Å². The molecule has 0 radical (unpaired) electrons. The maximum atomic E-state index is 12.4. The van der Waals surface area contributed by atoms with E-state index >= 15 is 0 Å². The van der Waals surface area contributed by atoms with Gasteiger partial charge in [0, 0.05) is 6.54 Å². The standard InChI is InChI=1S/C21H28N2O3S/c1-16-8-6-7-9-17(16)14-22-20(24)15-23(27(5,25)26)19-12-10-18(11-13-19)21(2,3)4/h6-13H,14-15H2,1-5H3,(H,22,24). The van der Waals surface area contributed by atoms with E-state index in [0.717, 1.165) is 27.3 Å². The predicted molar refractivity (Wildman–Crippen MR) is 110 cm³/mol. The Hall–Kier alpha value is -2.34. The third-order valence-electron chi connectivity index (χ3n) is 4.45. The molecule has 0 aromatic heterocycles. The summed E-state index contributed by atoms with van der Waals surface area (Å²) in [5.41, 5.74) is 3.64. The average Bonchev–Trinajstić information content (AvgIpc) is 2.57. The molecule has 27 heavy (non-hydrogen) atoms. The van der Waals surface area contributed by atoms with Gasteiger partial charge in [-0.25, -0.2) is 8.42 Å². The van der Waals surface area contributed by atoms with Gasteiger partial charge in [0.2, 0.25) is 15.9 Å². The Morgan fingerprint density at radius 1 is 1.04 bits per heavy atom. The van der Waals surface area contributed by atoms with E-state index in [0.29, 0.717) is 12.2 Å². The summed E-state index contributed by atoms with van der Waals surface area (Å²) in [6.45, 7) is 8.37. The van der Waals surface area contributed by atoms with Gasteiger partial charge in [-0.2, -0.15) is 0 Å². The Morgan fingerprint density at radius 3 is 2.15 bits per heavy atom. The average molecular weight is 389 g/mol. The Morgan fingerprint density at radius 2 is 1.63 bits per heavy atom. The maximum absolute atomic E-state index is 12.4. The van der Waals surface area contributed by atoms with Crippen molar-refractivity contribution in [2.24, 2.45) is 0 Å². The molecule has 1 N–H and O–H groups in total. The van der Waals surface area contributed by atoms with Crippen molar-refractivity contribution in [3.8, 4) is 0 Å². The minimum absolute atomic E-state index is 0.0284. The predicted octanol–water partition coefficient (Wildman–Crippen LogP) is 3.37. The lowest BCUT2D eigenvalue weighted by Crippen LogP contribution is -2.40. The van der Waals surface area contributed by atoms with Crippen LogP contribution in [0.15, 0.2) is 48.5 Å². The number of nitrogens with zero attached hydrogens (tertiary/aromatic N) is 1. The van der Waals surface area contributed by atoms with Crippen LogP contribution in [0, 0.1) is 6.92 Å². The summed E-state index contributed by atoms with van der Waals surface area (Å²) in [5.74, 6) is -0.344. The molecule has 2 aromatic rings. The first kappa shape index (κ1) is 21.0. The summed E-state index contributed by atoms with van der Waals surface area (Å²) in [6, 6.07) is 15.1. The molecule has 0 aliphatic carbocycles. The second-order valence-electron chi connectivity index (χ2n) is 7.77. The molecule has 0 unspecified atom stereocenters. The number of amides is 1. The van der Waals surface area contributed by atoms with Crippen LogP contribution in [-0.4, -0.2) is 27.1 Å². The first-order valence-electron chi connectivity index (χ1n) is 8.88. The zero-order valence-electron chi connectivity index (χ0n) is 16.6. The van der Waals surface area contributed by atoms with Crippen molar-refractivity contribution >= 4 is 21.6 Å². The largest absolute Gasteiger partial charge is 0.350 e. The quantitative estimate of drug-likeness (QED) is 0.825. The fraction of sp³-hybridized carbons (Fsp3) is 0.381. The molecular weight excluding hydrogens is 360 g/mol. The molecule has 0 atom stereocenters. The summed E-state index contributed by atoms with van der Waals surface area (Å²) in [7, 11) is -3.58. The number of aryl methyl sites for hydroxylation is 1. The summed E-state index contributed by atoms with van der Waals surface area (Å²) in [5, 5.41) is 2.80.